The summed E-state index contributed by atoms with van der Waals surface area (Å²) in [5, 5.41) is 0.450. The van der Waals surface area contributed by atoms with Gasteiger partial charge in [0.15, 0.2) is 5.78 Å². The number of methoxy groups -OCH3 is 2. The molecule has 0 radical (unpaired) electrons. The number of aryl methyl sites for hydroxylation is 1. The molecule has 0 atom stereocenters. The largest absolute Gasteiger partial charge is 0.497 e. The van der Waals surface area contributed by atoms with Crippen molar-refractivity contribution in [3.8, 4) is 11.5 Å². The second kappa shape index (κ2) is 8.48. The van der Waals surface area contributed by atoms with Crippen LogP contribution in [0, 0.1) is 6.92 Å². The van der Waals surface area contributed by atoms with Crippen molar-refractivity contribution in [3.05, 3.63) is 105 Å². The second-order valence-electron chi connectivity index (χ2n) is 7.43. The third-order valence-electron chi connectivity index (χ3n) is 5.32. The highest BCUT2D eigenvalue weighted by Gasteiger charge is 2.18. The molecule has 3 aromatic carbocycles. The lowest BCUT2D eigenvalue weighted by Gasteiger charge is -2.15. The smallest absolute Gasteiger partial charge is 0.200 e. The molecule has 0 saturated carbocycles. The quantitative estimate of drug-likeness (QED) is 0.433. The summed E-state index contributed by atoms with van der Waals surface area (Å²) in [6.07, 6.45) is 1.66. The van der Waals surface area contributed by atoms with Crippen molar-refractivity contribution in [2.75, 3.05) is 14.2 Å². The maximum Gasteiger partial charge on any atom is 0.200 e. The summed E-state index contributed by atoms with van der Waals surface area (Å²) in [5.41, 5.74) is 3.23. The Bertz CT molecular complexity index is 1320. The molecule has 0 unspecified atom stereocenters. The summed E-state index contributed by atoms with van der Waals surface area (Å²) in [6, 6.07) is 20.3. The third-order valence-corrected chi connectivity index (χ3v) is 5.32. The van der Waals surface area contributed by atoms with E-state index in [9.17, 15) is 9.59 Å². The zero-order valence-corrected chi connectivity index (χ0v) is 17.7. The Labute approximate surface area is 180 Å². The number of ether oxygens (including phenoxy) is 2. The minimum atomic E-state index is -0.324. The van der Waals surface area contributed by atoms with Gasteiger partial charge in [0.1, 0.15) is 11.5 Å². The normalized spacial score (nSPS) is 10.8. The van der Waals surface area contributed by atoms with Crippen LogP contribution in [-0.2, 0) is 6.54 Å². The Morgan fingerprint density at radius 3 is 2.29 bits per heavy atom. The molecule has 0 amide bonds. The van der Waals surface area contributed by atoms with Crippen LogP contribution in [-0.4, -0.2) is 24.6 Å². The van der Waals surface area contributed by atoms with Crippen LogP contribution in [0.4, 0.5) is 0 Å². The van der Waals surface area contributed by atoms with E-state index in [0.717, 1.165) is 16.6 Å². The first-order valence-electron chi connectivity index (χ1n) is 9.95. The van der Waals surface area contributed by atoms with Crippen molar-refractivity contribution in [1.29, 1.82) is 0 Å². The predicted molar refractivity (Wildman–Crippen MR) is 121 cm³/mol. The first-order valence-corrected chi connectivity index (χ1v) is 9.95. The molecule has 31 heavy (non-hydrogen) atoms. The number of rotatable bonds is 6. The number of carbonyl (C=O) groups is 1. The van der Waals surface area contributed by atoms with Crippen LogP contribution >= 0.6 is 0 Å². The summed E-state index contributed by atoms with van der Waals surface area (Å²) in [6.45, 7) is 2.57. The van der Waals surface area contributed by atoms with Gasteiger partial charge in [0.25, 0.3) is 0 Å². The highest BCUT2D eigenvalue weighted by molar-refractivity contribution is 6.10. The van der Waals surface area contributed by atoms with E-state index in [0.29, 0.717) is 29.0 Å². The van der Waals surface area contributed by atoms with Gasteiger partial charge in [-0.05, 0) is 55.0 Å². The molecule has 0 aliphatic carbocycles. The highest BCUT2D eigenvalue weighted by atomic mass is 16.5. The minimum Gasteiger partial charge on any atom is -0.497 e. The maximum absolute atomic E-state index is 13.3. The van der Waals surface area contributed by atoms with Gasteiger partial charge in [0.2, 0.25) is 5.43 Å². The lowest BCUT2D eigenvalue weighted by Crippen LogP contribution is -2.20. The van der Waals surface area contributed by atoms with Gasteiger partial charge in [-0.2, -0.15) is 0 Å². The molecule has 1 aromatic heterocycles. The van der Waals surface area contributed by atoms with Crippen LogP contribution < -0.4 is 14.9 Å². The Hall–Kier alpha value is -3.86. The molecule has 0 fully saturated rings. The van der Waals surface area contributed by atoms with Crippen LogP contribution in [0.5, 0.6) is 11.5 Å². The highest BCUT2D eigenvalue weighted by Crippen LogP contribution is 2.22. The van der Waals surface area contributed by atoms with Gasteiger partial charge in [0.05, 0.1) is 30.7 Å². The maximum atomic E-state index is 13.3. The van der Waals surface area contributed by atoms with Gasteiger partial charge in [0, 0.05) is 18.3 Å². The fourth-order valence-corrected chi connectivity index (χ4v) is 3.70. The van der Waals surface area contributed by atoms with Crippen molar-refractivity contribution in [3.63, 3.8) is 0 Å². The van der Waals surface area contributed by atoms with E-state index in [-0.39, 0.29) is 16.8 Å². The Morgan fingerprint density at radius 2 is 1.61 bits per heavy atom. The Morgan fingerprint density at radius 1 is 0.903 bits per heavy atom. The van der Waals surface area contributed by atoms with Gasteiger partial charge < -0.3 is 14.0 Å². The topological polar surface area (TPSA) is 57.5 Å². The molecule has 156 valence electrons. The van der Waals surface area contributed by atoms with Gasteiger partial charge in [-0.3, -0.25) is 9.59 Å². The summed E-state index contributed by atoms with van der Waals surface area (Å²) in [4.78, 5) is 26.5. The average molecular weight is 413 g/mol. The zero-order chi connectivity index (χ0) is 22.0. The lowest BCUT2D eigenvalue weighted by molar-refractivity contribution is 0.103. The fraction of sp³-hybridized carbons (Fsp3) is 0.154. The molecule has 1 heterocycles. The van der Waals surface area contributed by atoms with Gasteiger partial charge in [-0.15, -0.1) is 0 Å². The SMILES string of the molecule is COc1ccc(C(=O)c2cn(Cc3cccc(C)c3)c3ccc(OC)cc3c2=O)cc1. The molecule has 4 rings (SSSR count). The molecular weight excluding hydrogens is 390 g/mol. The molecule has 0 bridgehead atoms. The van der Waals surface area contributed by atoms with Crippen LogP contribution in [0.25, 0.3) is 10.9 Å². The van der Waals surface area contributed by atoms with Crippen molar-refractivity contribution in [2.24, 2.45) is 0 Å². The van der Waals surface area contributed by atoms with E-state index in [2.05, 4.69) is 6.07 Å². The number of carbonyl (C=O) groups excluding carboxylic acids is 1. The van der Waals surface area contributed by atoms with E-state index in [1.807, 2.05) is 41.8 Å². The monoisotopic (exact) mass is 413 g/mol. The molecule has 0 aliphatic rings. The van der Waals surface area contributed by atoms with Crippen molar-refractivity contribution >= 4 is 16.7 Å². The molecule has 5 heteroatoms. The Balaban J connectivity index is 1.88. The van der Waals surface area contributed by atoms with Crippen LogP contribution in [0.3, 0.4) is 0 Å². The molecule has 4 aromatic rings. The number of fused-ring (bicyclic) bond motifs is 1. The molecule has 0 spiro atoms. The molecule has 0 N–H and O–H groups in total. The van der Waals surface area contributed by atoms with Gasteiger partial charge >= 0.3 is 0 Å². The standard InChI is InChI=1S/C26H23NO4/c1-17-5-4-6-18(13-17)15-27-16-23(25(28)19-7-9-20(30-2)10-8-19)26(29)22-14-21(31-3)11-12-24(22)27/h4-14,16H,15H2,1-3H3. The molecular formula is C26H23NO4. The number of pyridine rings is 1. The average Bonchev–Trinajstić information content (AvgIpc) is 2.80. The van der Waals surface area contributed by atoms with Crippen LogP contribution in [0.15, 0.2) is 77.7 Å². The number of nitrogens with zero attached hydrogens (tertiary/aromatic N) is 1. The number of aromatic nitrogens is 1. The summed E-state index contributed by atoms with van der Waals surface area (Å²) < 4.78 is 12.4. The summed E-state index contributed by atoms with van der Waals surface area (Å²) in [7, 11) is 3.12. The second-order valence-corrected chi connectivity index (χ2v) is 7.43. The van der Waals surface area contributed by atoms with Crippen LogP contribution in [0.1, 0.15) is 27.0 Å². The molecule has 0 aliphatic heterocycles. The number of hydrogen-bond acceptors (Lipinski definition) is 4. The van der Waals surface area contributed by atoms with Crippen molar-refractivity contribution in [2.45, 2.75) is 13.5 Å². The first-order chi connectivity index (χ1) is 15.0. The van der Waals surface area contributed by atoms with Crippen LogP contribution in [0.2, 0.25) is 0 Å². The van der Waals surface area contributed by atoms with E-state index >= 15 is 0 Å². The third kappa shape index (κ3) is 4.08. The number of benzene rings is 3. The van der Waals surface area contributed by atoms with E-state index in [1.54, 1.807) is 50.7 Å². The van der Waals surface area contributed by atoms with E-state index in [4.69, 9.17) is 9.47 Å². The van der Waals surface area contributed by atoms with E-state index in [1.165, 1.54) is 0 Å². The lowest BCUT2D eigenvalue weighted by atomic mass is 10.0. The predicted octanol–water partition coefficient (Wildman–Crippen LogP) is 4.61. The fourth-order valence-electron chi connectivity index (χ4n) is 3.70. The van der Waals surface area contributed by atoms with Gasteiger partial charge in [-0.25, -0.2) is 0 Å². The Kier molecular flexibility index (Phi) is 5.58. The van der Waals surface area contributed by atoms with E-state index < -0.39 is 0 Å². The summed E-state index contributed by atoms with van der Waals surface area (Å²) in [5.74, 6) is 0.896. The first kappa shape index (κ1) is 20.4. The van der Waals surface area contributed by atoms with Gasteiger partial charge in [-0.1, -0.05) is 29.8 Å². The molecule has 0 saturated heterocycles. The zero-order valence-electron chi connectivity index (χ0n) is 17.7. The number of hydrogen-bond donors (Lipinski definition) is 0. The summed E-state index contributed by atoms with van der Waals surface area (Å²) >= 11 is 0. The van der Waals surface area contributed by atoms with Crippen molar-refractivity contribution in [1.82, 2.24) is 4.57 Å². The molecule has 5 nitrogen and oxygen atoms in total. The van der Waals surface area contributed by atoms with Crippen molar-refractivity contribution < 1.29 is 14.3 Å². The minimum absolute atomic E-state index is 0.124. The number of ketones is 1.